The van der Waals surface area contributed by atoms with Crippen LogP contribution in [0.25, 0.3) is 0 Å². The first-order valence-corrected chi connectivity index (χ1v) is 33.5. The van der Waals surface area contributed by atoms with Gasteiger partial charge in [-0.05, 0) is 13.8 Å². The topological polar surface area (TPSA) is 706 Å². The second-order valence-electron chi connectivity index (χ2n) is 26.5. The van der Waals surface area contributed by atoms with Gasteiger partial charge < -0.3 is 194 Å². The molecule has 0 aromatic heterocycles. The largest absolute Gasteiger partial charge is 0.479 e. The summed E-state index contributed by atoms with van der Waals surface area (Å²) in [6, 6.07) is -6.96. The molecule has 47 heteroatoms. The number of rotatable bonds is 27. The number of ether oxygens (including phenoxy) is 17. The molecule has 8 fully saturated rings. The number of hydrogen-bond donors (Lipinski definition) is 22. The summed E-state index contributed by atoms with van der Waals surface area (Å²) >= 11 is 0. The molecule has 38 unspecified atom stereocenters. The lowest BCUT2D eigenvalue weighted by Gasteiger charge is -2.50. The van der Waals surface area contributed by atoms with Gasteiger partial charge in [-0.1, -0.05) is 0 Å². The smallest absolute Gasteiger partial charge is 0.338 e. The van der Waals surface area contributed by atoms with E-state index >= 15 is 4.79 Å². The van der Waals surface area contributed by atoms with Crippen molar-refractivity contribution in [3.05, 3.63) is 0 Å². The number of aliphatic hydroxyl groups excluding tert-OH is 15. The summed E-state index contributed by atoms with van der Waals surface area (Å²) in [4.78, 5) is 105. The molecule has 612 valence electrons. The lowest BCUT2D eigenvalue weighted by Crippen LogP contribution is -2.71. The van der Waals surface area contributed by atoms with E-state index in [1.54, 1.807) is 0 Å². The van der Waals surface area contributed by atoms with Gasteiger partial charge in [0.15, 0.2) is 62.2 Å². The molecule has 0 bridgehead atoms. The van der Waals surface area contributed by atoms with Gasteiger partial charge >= 0.3 is 23.9 Å². The van der Waals surface area contributed by atoms with Crippen LogP contribution in [0.1, 0.15) is 41.5 Å². The highest BCUT2D eigenvalue weighted by atomic mass is 16.8. The molecule has 22 N–H and O–H groups in total. The van der Waals surface area contributed by atoms with E-state index in [2.05, 4.69) is 21.3 Å². The van der Waals surface area contributed by atoms with Crippen LogP contribution in [0.3, 0.4) is 0 Å². The first-order chi connectivity index (χ1) is 50.3. The Hall–Kier alpha value is -5.48. The van der Waals surface area contributed by atoms with E-state index in [-0.39, 0.29) is 0 Å². The van der Waals surface area contributed by atoms with Crippen molar-refractivity contribution in [3.8, 4) is 0 Å². The molecule has 40 atom stereocenters. The third-order valence-corrected chi connectivity index (χ3v) is 19.1. The molecule has 0 spiro atoms. The van der Waals surface area contributed by atoms with Gasteiger partial charge in [-0.2, -0.15) is 0 Å². The van der Waals surface area contributed by atoms with Crippen molar-refractivity contribution in [3.63, 3.8) is 0 Å². The number of esters is 1. The number of carbonyl (C=O) groups is 8. The van der Waals surface area contributed by atoms with E-state index in [9.17, 15) is 125 Å². The van der Waals surface area contributed by atoms with Crippen LogP contribution < -0.4 is 21.3 Å². The first kappa shape index (κ1) is 87.1. The first-order valence-electron chi connectivity index (χ1n) is 33.5. The van der Waals surface area contributed by atoms with Gasteiger partial charge in [-0.15, -0.1) is 0 Å². The zero-order valence-corrected chi connectivity index (χ0v) is 58.2. The van der Waals surface area contributed by atoms with Gasteiger partial charge in [0.25, 0.3) is 0 Å². The van der Waals surface area contributed by atoms with Crippen molar-refractivity contribution < 1.29 is 211 Å². The standard InChI is InChI=1S/C60H94N4O43/c1-13-23(61-15(3)68)39(27(72)19(9-65)94-13)98-59-37(82)33(78)45(49(106-59)53(88)89)102-56-26(64-18(6)71)42(101-58-36(81)32(77)44(92-8)48(105-58)52(86)87)30(75)22(97-56)12-93-54(90)50-46(34(79)38(83)60(107-50)99-40-24(62-16(4)69)14(2)95-20(10-66)28(40)73)103-55-25(63-17(5)70)41(29(74)21(11-67)96-55)100-57-35(80)31(76)43(91-7)47(104-57)51(84)85/h13-14,19-50,55-60,65-67,72-83H,9-12H2,1-8H3,(H,61,68)(H,62,69)(H,63,70)(H,64,71)(H,84,85)(H,86,87)(H,88,89)/t13-,14+,19?,20?,21?,22?,23?,24?,25?,26?,27?,28?,29?,30?,31?,32?,33?,34?,35?,36?,37?,38?,39?,40?,41?,42?,43?,44?,45?,46?,47?,48?,49?,50?,55?,56?,57?,58?,59?,60?/m1/s1. The summed E-state index contributed by atoms with van der Waals surface area (Å²) in [7, 11) is 1.91. The Bertz CT molecular complexity index is 3020. The highest BCUT2D eigenvalue weighted by Crippen LogP contribution is 2.39. The van der Waals surface area contributed by atoms with Crippen molar-refractivity contribution >= 4 is 47.5 Å². The van der Waals surface area contributed by atoms with E-state index < -0.39 is 319 Å². The molecule has 8 rings (SSSR count). The van der Waals surface area contributed by atoms with Crippen molar-refractivity contribution in [2.75, 3.05) is 40.6 Å². The van der Waals surface area contributed by atoms with Crippen molar-refractivity contribution in [2.24, 2.45) is 0 Å². The fourth-order valence-electron chi connectivity index (χ4n) is 13.8. The Morgan fingerprint density at radius 1 is 0.308 bits per heavy atom. The summed E-state index contributed by atoms with van der Waals surface area (Å²) in [6.45, 7) is 2.22. The van der Waals surface area contributed by atoms with Crippen LogP contribution in [0.15, 0.2) is 0 Å². The Morgan fingerprint density at radius 3 is 0.869 bits per heavy atom. The van der Waals surface area contributed by atoms with Gasteiger partial charge in [0.1, 0.15) is 165 Å². The van der Waals surface area contributed by atoms with Crippen LogP contribution in [-0.4, -0.2) is 425 Å². The number of aliphatic hydroxyl groups is 15. The molecule has 0 radical (unpaired) electrons. The Balaban J connectivity index is 1.18. The Labute approximate surface area is 605 Å². The van der Waals surface area contributed by atoms with Crippen LogP contribution >= 0.6 is 0 Å². The van der Waals surface area contributed by atoms with Gasteiger partial charge in [0, 0.05) is 41.9 Å². The Morgan fingerprint density at radius 2 is 0.561 bits per heavy atom. The molecular formula is C60H94N4O43. The minimum Gasteiger partial charge on any atom is -0.479 e. The molecule has 0 aromatic rings. The van der Waals surface area contributed by atoms with Gasteiger partial charge in [0.2, 0.25) is 23.6 Å². The molecule has 8 heterocycles. The van der Waals surface area contributed by atoms with Gasteiger partial charge in [-0.3, -0.25) is 19.2 Å². The number of amides is 4. The summed E-state index contributed by atoms with van der Waals surface area (Å²) < 4.78 is 97.7. The molecule has 0 aromatic carbocycles. The predicted molar refractivity (Wildman–Crippen MR) is 329 cm³/mol. The monoisotopic (exact) mass is 1560 g/mol. The van der Waals surface area contributed by atoms with E-state index in [1.807, 2.05) is 0 Å². The number of nitrogens with one attached hydrogen (secondary N) is 4. The maximum absolute atomic E-state index is 15.2. The predicted octanol–water partition coefficient (Wildman–Crippen LogP) is -14.6. The normalized spacial score (nSPS) is 46.1. The molecule has 0 saturated carbocycles. The zero-order chi connectivity index (χ0) is 79.4. The summed E-state index contributed by atoms with van der Waals surface area (Å²) in [5.74, 6) is -11.0. The molecule has 47 nitrogen and oxygen atoms in total. The molecule has 0 aliphatic carbocycles. The maximum Gasteiger partial charge on any atom is 0.338 e. The number of carboxylic acids is 3. The highest BCUT2D eigenvalue weighted by molar-refractivity contribution is 5.77. The van der Waals surface area contributed by atoms with E-state index in [0.29, 0.717) is 0 Å². The number of hydrogen-bond acceptors (Lipinski definition) is 40. The molecule has 107 heavy (non-hydrogen) atoms. The third-order valence-electron chi connectivity index (χ3n) is 19.1. The fraction of sp³-hybridized carbons (Fsp3) is 0.867. The van der Waals surface area contributed by atoms with Crippen LogP contribution in [0.2, 0.25) is 0 Å². The molecular weight excluding hydrogens is 1460 g/mol. The quantitative estimate of drug-likeness (QED) is 0.0340. The number of carboxylic acid groups (broad SMARTS) is 3. The summed E-state index contributed by atoms with van der Waals surface area (Å²) in [5.41, 5.74) is 0. The molecule has 8 aliphatic heterocycles. The number of carbonyl (C=O) groups excluding carboxylic acids is 5. The van der Waals surface area contributed by atoms with Crippen molar-refractivity contribution in [1.29, 1.82) is 0 Å². The average molecular weight is 1560 g/mol. The summed E-state index contributed by atoms with van der Waals surface area (Å²) in [6.07, 6.45) is -77.2. The highest BCUT2D eigenvalue weighted by Gasteiger charge is 2.62. The van der Waals surface area contributed by atoms with Gasteiger partial charge in [0.05, 0.1) is 44.1 Å². The molecule has 8 aliphatic rings. The minimum absolute atomic E-state index is 0.708. The lowest BCUT2D eigenvalue weighted by molar-refractivity contribution is -0.369. The second kappa shape index (κ2) is 37.2. The van der Waals surface area contributed by atoms with Crippen molar-refractivity contribution in [2.45, 2.75) is 287 Å². The van der Waals surface area contributed by atoms with E-state index in [4.69, 9.17) is 80.5 Å². The zero-order valence-electron chi connectivity index (χ0n) is 58.2. The fourth-order valence-corrected chi connectivity index (χ4v) is 13.8. The van der Waals surface area contributed by atoms with Crippen LogP contribution in [0.4, 0.5) is 0 Å². The molecule has 8 saturated heterocycles. The van der Waals surface area contributed by atoms with Crippen LogP contribution in [-0.2, 0) is 119 Å². The minimum atomic E-state index is -2.67. The SMILES string of the molecule is COC1C(C(=O)O)OC(OC2C(O)C(COC(=O)C3OC(OC4C(O)C(CO)O[C@@H](C)C4NC(C)=O)C(O)C(O)C3OC3OC(CO)C(O)C(OC4OC(C(=O)O)C(OC)C(O)C4O)C3NC(C)=O)OC(OC3C(C(=O)O)OC(OC4C(O)C(CO)O[C@H](C)C4NC(C)=O)C(O)C3O)C2NC(C)=O)C(O)C1O. The van der Waals surface area contributed by atoms with Crippen LogP contribution in [0, 0.1) is 0 Å². The maximum atomic E-state index is 15.2. The lowest BCUT2D eigenvalue weighted by atomic mass is 9.92. The van der Waals surface area contributed by atoms with E-state index in [0.717, 1.165) is 41.9 Å². The van der Waals surface area contributed by atoms with Gasteiger partial charge in [-0.25, -0.2) is 19.2 Å². The Kier molecular flexibility index (Phi) is 30.3. The van der Waals surface area contributed by atoms with Crippen molar-refractivity contribution in [1.82, 2.24) is 21.3 Å². The van der Waals surface area contributed by atoms with E-state index in [1.165, 1.54) is 13.8 Å². The summed E-state index contributed by atoms with van der Waals surface area (Å²) in [5, 5.41) is 211. The number of aliphatic carboxylic acids is 3. The average Bonchev–Trinajstić information content (AvgIpc) is 0.787. The van der Waals surface area contributed by atoms with Crippen LogP contribution in [0.5, 0.6) is 0 Å². The molecule has 4 amide bonds. The second-order valence-corrected chi connectivity index (χ2v) is 26.5. The third kappa shape index (κ3) is 19.2. The number of methoxy groups -OCH3 is 2.